The Kier molecular flexibility index (Phi) is 2.43. The topological polar surface area (TPSA) is 41.7 Å². The summed E-state index contributed by atoms with van der Waals surface area (Å²) >= 11 is 0. The van der Waals surface area contributed by atoms with Gasteiger partial charge < -0.3 is 5.41 Å². The fourth-order valence-electron chi connectivity index (χ4n) is 1.12. The molecule has 0 spiro atoms. The highest BCUT2D eigenvalue weighted by Crippen LogP contribution is 2.12. The third-order valence-electron chi connectivity index (χ3n) is 1.70. The molecule has 1 aromatic rings. The van der Waals surface area contributed by atoms with E-state index in [0.29, 0.717) is 6.04 Å². The molecule has 0 fully saturated rings. The predicted molar refractivity (Wildman–Crippen MR) is 50.6 cm³/mol. The van der Waals surface area contributed by atoms with E-state index in [0.717, 1.165) is 11.3 Å². The summed E-state index contributed by atoms with van der Waals surface area (Å²) in [4.78, 5) is 0. The van der Waals surface area contributed by atoms with Crippen molar-refractivity contribution in [2.24, 2.45) is 0 Å². The fraction of sp³-hybridized carbons (Fsp3) is 0.333. The summed E-state index contributed by atoms with van der Waals surface area (Å²) in [5.41, 5.74) is 1.73. The Morgan fingerprint density at radius 1 is 1.67 bits per heavy atom. The van der Waals surface area contributed by atoms with Gasteiger partial charge in [0.15, 0.2) is 0 Å². The van der Waals surface area contributed by atoms with E-state index in [-0.39, 0.29) is 0 Å². The van der Waals surface area contributed by atoms with Gasteiger partial charge in [0.2, 0.25) is 0 Å². The van der Waals surface area contributed by atoms with Gasteiger partial charge in [0.1, 0.15) is 0 Å². The molecule has 0 bridgehead atoms. The van der Waals surface area contributed by atoms with Crippen LogP contribution in [-0.4, -0.2) is 16.0 Å². The fourth-order valence-corrected chi connectivity index (χ4v) is 1.12. The zero-order valence-electron chi connectivity index (χ0n) is 7.41. The zero-order chi connectivity index (χ0) is 9.14. The lowest BCUT2D eigenvalue weighted by atomic mass is 10.2. The van der Waals surface area contributed by atoms with E-state index < -0.39 is 0 Å². The van der Waals surface area contributed by atoms with E-state index in [4.69, 9.17) is 5.41 Å². The maximum atomic E-state index is 7.12. The highest BCUT2D eigenvalue weighted by atomic mass is 15.3. The number of nitrogens with zero attached hydrogens (tertiary/aromatic N) is 2. The minimum Gasteiger partial charge on any atom is -0.308 e. The molecule has 1 heterocycles. The summed E-state index contributed by atoms with van der Waals surface area (Å²) < 4.78 is 1.85. The lowest BCUT2D eigenvalue weighted by molar-refractivity contribution is 0.528. The Balaban J connectivity index is 3.22. The second kappa shape index (κ2) is 3.34. The molecule has 0 amide bonds. The summed E-state index contributed by atoms with van der Waals surface area (Å²) in [5.74, 6) is 0. The van der Waals surface area contributed by atoms with Crippen molar-refractivity contribution in [2.75, 3.05) is 0 Å². The molecule has 3 nitrogen and oxygen atoms in total. The Morgan fingerprint density at radius 2 is 2.33 bits per heavy atom. The van der Waals surface area contributed by atoms with E-state index in [2.05, 4.69) is 11.7 Å². The van der Waals surface area contributed by atoms with Crippen molar-refractivity contribution < 1.29 is 0 Å². The molecule has 3 heteroatoms. The molecule has 0 aliphatic carbocycles. The van der Waals surface area contributed by atoms with Crippen LogP contribution in [-0.2, 0) is 0 Å². The summed E-state index contributed by atoms with van der Waals surface area (Å²) in [5, 5.41) is 11.3. The first-order valence-electron chi connectivity index (χ1n) is 3.91. The molecule has 1 aromatic heterocycles. The summed E-state index contributed by atoms with van der Waals surface area (Å²) in [6, 6.07) is 0.312. The summed E-state index contributed by atoms with van der Waals surface area (Å²) in [7, 11) is 0. The molecule has 0 saturated carbocycles. The first-order valence-corrected chi connectivity index (χ1v) is 3.91. The van der Waals surface area contributed by atoms with Gasteiger partial charge in [0, 0.05) is 17.8 Å². The number of nitrogens with one attached hydrogen (secondary N) is 1. The minimum atomic E-state index is 0.312. The SMILES string of the molecule is C=Cc1c(C=N)cnn1C(C)C. The third-order valence-corrected chi connectivity index (χ3v) is 1.70. The first-order chi connectivity index (χ1) is 5.70. The normalized spacial score (nSPS) is 10.2. The van der Waals surface area contributed by atoms with E-state index >= 15 is 0 Å². The van der Waals surface area contributed by atoms with Crippen LogP contribution >= 0.6 is 0 Å². The van der Waals surface area contributed by atoms with Crippen LogP contribution < -0.4 is 0 Å². The van der Waals surface area contributed by atoms with Crippen molar-refractivity contribution in [1.29, 1.82) is 5.41 Å². The molecule has 1 rings (SSSR count). The highest BCUT2D eigenvalue weighted by molar-refractivity contribution is 5.81. The van der Waals surface area contributed by atoms with E-state index in [9.17, 15) is 0 Å². The molecule has 64 valence electrons. The molecule has 0 aliphatic rings. The Hall–Kier alpha value is -1.38. The first kappa shape index (κ1) is 8.71. The van der Waals surface area contributed by atoms with Crippen molar-refractivity contribution >= 4 is 12.3 Å². The Bertz CT molecular complexity index is 297. The second-order valence-corrected chi connectivity index (χ2v) is 2.87. The monoisotopic (exact) mass is 163 g/mol. The van der Waals surface area contributed by atoms with Gasteiger partial charge in [-0.1, -0.05) is 6.58 Å². The lowest BCUT2D eigenvalue weighted by Gasteiger charge is -2.07. The molecule has 0 atom stereocenters. The van der Waals surface area contributed by atoms with E-state index in [1.54, 1.807) is 12.3 Å². The molecule has 1 N–H and O–H groups in total. The van der Waals surface area contributed by atoms with Gasteiger partial charge in [-0.05, 0) is 19.9 Å². The lowest BCUT2D eigenvalue weighted by Crippen LogP contribution is -2.04. The quantitative estimate of drug-likeness (QED) is 0.681. The summed E-state index contributed by atoms with van der Waals surface area (Å²) in [6.45, 7) is 7.79. The smallest absolute Gasteiger partial charge is 0.0694 e. The average molecular weight is 163 g/mol. The number of rotatable bonds is 3. The second-order valence-electron chi connectivity index (χ2n) is 2.87. The van der Waals surface area contributed by atoms with Crippen molar-refractivity contribution in [1.82, 2.24) is 9.78 Å². The Labute approximate surface area is 72.2 Å². The molecule has 0 aliphatic heterocycles. The summed E-state index contributed by atoms with van der Waals surface area (Å²) in [6.07, 6.45) is 4.71. The van der Waals surface area contributed by atoms with E-state index in [1.165, 1.54) is 6.21 Å². The largest absolute Gasteiger partial charge is 0.308 e. The van der Waals surface area contributed by atoms with Crippen LogP contribution in [0.15, 0.2) is 12.8 Å². The third kappa shape index (κ3) is 1.30. The maximum Gasteiger partial charge on any atom is 0.0694 e. The van der Waals surface area contributed by atoms with E-state index in [1.807, 2.05) is 18.5 Å². The van der Waals surface area contributed by atoms with Gasteiger partial charge in [-0.3, -0.25) is 4.68 Å². The molecule has 12 heavy (non-hydrogen) atoms. The van der Waals surface area contributed by atoms with Crippen molar-refractivity contribution in [3.8, 4) is 0 Å². The average Bonchev–Trinajstić information content (AvgIpc) is 2.46. The zero-order valence-corrected chi connectivity index (χ0v) is 7.41. The molecule has 0 unspecified atom stereocenters. The van der Waals surface area contributed by atoms with Crippen LogP contribution in [0.25, 0.3) is 6.08 Å². The van der Waals surface area contributed by atoms with Crippen molar-refractivity contribution in [2.45, 2.75) is 19.9 Å². The molecule has 0 radical (unpaired) electrons. The standard InChI is InChI=1S/C9H13N3/c1-4-9-8(5-10)6-11-12(9)7(2)3/h4-7,10H,1H2,2-3H3. The van der Waals surface area contributed by atoms with Crippen molar-refractivity contribution in [3.63, 3.8) is 0 Å². The van der Waals surface area contributed by atoms with Crippen LogP contribution in [0.1, 0.15) is 31.1 Å². The highest BCUT2D eigenvalue weighted by Gasteiger charge is 2.07. The van der Waals surface area contributed by atoms with Crippen LogP contribution in [0.3, 0.4) is 0 Å². The Morgan fingerprint density at radius 3 is 2.75 bits per heavy atom. The van der Waals surface area contributed by atoms with Crippen LogP contribution in [0.4, 0.5) is 0 Å². The maximum absolute atomic E-state index is 7.12. The van der Waals surface area contributed by atoms with Gasteiger partial charge in [0.25, 0.3) is 0 Å². The van der Waals surface area contributed by atoms with Crippen LogP contribution in [0.5, 0.6) is 0 Å². The van der Waals surface area contributed by atoms with Gasteiger partial charge in [-0.15, -0.1) is 0 Å². The van der Waals surface area contributed by atoms with Gasteiger partial charge in [-0.2, -0.15) is 5.10 Å². The van der Waals surface area contributed by atoms with Gasteiger partial charge in [-0.25, -0.2) is 0 Å². The molecular weight excluding hydrogens is 150 g/mol. The number of hydrogen-bond acceptors (Lipinski definition) is 2. The number of hydrogen-bond donors (Lipinski definition) is 1. The van der Waals surface area contributed by atoms with Gasteiger partial charge in [0.05, 0.1) is 11.9 Å². The predicted octanol–water partition coefficient (Wildman–Crippen LogP) is 2.10. The van der Waals surface area contributed by atoms with Crippen LogP contribution in [0.2, 0.25) is 0 Å². The molecule has 0 aromatic carbocycles. The minimum absolute atomic E-state index is 0.312. The molecular formula is C9H13N3. The number of aromatic nitrogens is 2. The van der Waals surface area contributed by atoms with Gasteiger partial charge >= 0.3 is 0 Å². The van der Waals surface area contributed by atoms with Crippen LogP contribution in [0, 0.1) is 5.41 Å². The molecule has 0 saturated heterocycles. The van der Waals surface area contributed by atoms with Crippen molar-refractivity contribution in [3.05, 3.63) is 24.0 Å².